The van der Waals surface area contributed by atoms with E-state index < -0.39 is 5.97 Å². The van der Waals surface area contributed by atoms with Gasteiger partial charge in [-0.05, 0) is 38.3 Å². The fourth-order valence-corrected chi connectivity index (χ4v) is 3.61. The Hall–Kier alpha value is -2.17. The van der Waals surface area contributed by atoms with Gasteiger partial charge in [0.25, 0.3) is 0 Å². The molecule has 2 atom stereocenters. The summed E-state index contributed by atoms with van der Waals surface area (Å²) >= 11 is 0. The number of carboxylic acids is 1. The standard InChI is InChI=1S/C15H15N3O2/c1-8-3-2-4-11(16-8)13-12(15(19)20)14-9-5-6-10(7-9)18(14)17-13/h2-4,9-10H,5-7H2,1H3,(H,19,20). The summed E-state index contributed by atoms with van der Waals surface area (Å²) in [5.74, 6) is -0.533. The molecule has 1 aliphatic carbocycles. The molecule has 2 bridgehead atoms. The molecule has 2 aromatic rings. The van der Waals surface area contributed by atoms with E-state index in [9.17, 15) is 9.90 Å². The van der Waals surface area contributed by atoms with Crippen LogP contribution in [-0.4, -0.2) is 25.8 Å². The van der Waals surface area contributed by atoms with Crippen LogP contribution in [0.3, 0.4) is 0 Å². The maximum absolute atomic E-state index is 11.7. The molecule has 0 amide bonds. The molecule has 2 aliphatic rings. The van der Waals surface area contributed by atoms with E-state index in [1.54, 1.807) is 0 Å². The van der Waals surface area contributed by atoms with Crippen molar-refractivity contribution in [1.82, 2.24) is 14.8 Å². The number of hydrogen-bond acceptors (Lipinski definition) is 3. The van der Waals surface area contributed by atoms with Gasteiger partial charge in [-0.15, -0.1) is 0 Å². The summed E-state index contributed by atoms with van der Waals surface area (Å²) in [5.41, 5.74) is 3.31. The summed E-state index contributed by atoms with van der Waals surface area (Å²) in [4.78, 5) is 16.1. The Kier molecular flexibility index (Phi) is 2.28. The molecule has 1 N–H and O–H groups in total. The van der Waals surface area contributed by atoms with Crippen LogP contribution < -0.4 is 0 Å². The number of aromatic nitrogens is 3. The first-order chi connectivity index (χ1) is 9.65. The first-order valence-corrected chi connectivity index (χ1v) is 6.95. The largest absolute Gasteiger partial charge is 0.478 e. The SMILES string of the molecule is Cc1cccc(-c2nn3c(c2C(=O)O)C2CCC3C2)n1. The van der Waals surface area contributed by atoms with Gasteiger partial charge in [0.15, 0.2) is 0 Å². The van der Waals surface area contributed by atoms with Crippen molar-refractivity contribution in [2.75, 3.05) is 0 Å². The van der Waals surface area contributed by atoms with Gasteiger partial charge in [0.05, 0.1) is 17.4 Å². The van der Waals surface area contributed by atoms with Crippen LogP contribution in [0.1, 0.15) is 53.0 Å². The highest BCUT2D eigenvalue weighted by atomic mass is 16.4. The Morgan fingerprint density at radius 3 is 3.00 bits per heavy atom. The molecule has 0 aromatic carbocycles. The molecule has 1 aliphatic heterocycles. The lowest BCUT2D eigenvalue weighted by Gasteiger charge is -2.12. The number of carbonyl (C=O) groups is 1. The molecule has 5 nitrogen and oxygen atoms in total. The van der Waals surface area contributed by atoms with Crippen molar-refractivity contribution >= 4 is 5.97 Å². The van der Waals surface area contributed by atoms with Crippen LogP contribution in [0.5, 0.6) is 0 Å². The van der Waals surface area contributed by atoms with Crippen molar-refractivity contribution < 1.29 is 9.90 Å². The lowest BCUT2D eigenvalue weighted by Crippen LogP contribution is -2.09. The number of fused-ring (bicyclic) bond motifs is 5. The van der Waals surface area contributed by atoms with E-state index in [1.165, 1.54) is 0 Å². The molecule has 2 unspecified atom stereocenters. The van der Waals surface area contributed by atoms with Gasteiger partial charge in [-0.25, -0.2) is 4.79 Å². The number of hydrogen-bond donors (Lipinski definition) is 1. The molecule has 1 fully saturated rings. The van der Waals surface area contributed by atoms with E-state index in [-0.39, 0.29) is 0 Å². The third-order valence-electron chi connectivity index (χ3n) is 4.43. The van der Waals surface area contributed by atoms with Gasteiger partial charge < -0.3 is 5.11 Å². The predicted octanol–water partition coefficient (Wildman–Crippen LogP) is 2.77. The van der Waals surface area contributed by atoms with Crippen molar-refractivity contribution in [2.45, 2.75) is 38.1 Å². The minimum atomic E-state index is -0.892. The molecular weight excluding hydrogens is 254 g/mol. The van der Waals surface area contributed by atoms with E-state index in [1.807, 2.05) is 29.8 Å². The van der Waals surface area contributed by atoms with Crippen molar-refractivity contribution in [3.8, 4) is 11.4 Å². The van der Waals surface area contributed by atoms with E-state index in [0.29, 0.717) is 28.9 Å². The van der Waals surface area contributed by atoms with Crippen LogP contribution in [0, 0.1) is 6.92 Å². The average molecular weight is 269 g/mol. The van der Waals surface area contributed by atoms with Crippen LogP contribution in [0.15, 0.2) is 18.2 Å². The maximum Gasteiger partial charge on any atom is 0.339 e. The van der Waals surface area contributed by atoms with Crippen molar-refractivity contribution in [1.29, 1.82) is 0 Å². The summed E-state index contributed by atoms with van der Waals surface area (Å²) in [5, 5.41) is 14.2. The number of aromatic carboxylic acids is 1. The van der Waals surface area contributed by atoms with Crippen molar-refractivity contribution in [3.05, 3.63) is 35.2 Å². The Bertz CT molecular complexity index is 720. The Morgan fingerprint density at radius 2 is 2.25 bits per heavy atom. The molecule has 0 spiro atoms. The van der Waals surface area contributed by atoms with Crippen molar-refractivity contribution in [3.63, 3.8) is 0 Å². The highest BCUT2D eigenvalue weighted by Crippen LogP contribution is 2.50. The van der Waals surface area contributed by atoms with Crippen molar-refractivity contribution in [2.24, 2.45) is 0 Å². The van der Waals surface area contributed by atoms with Gasteiger partial charge in [0, 0.05) is 11.6 Å². The van der Waals surface area contributed by atoms with E-state index in [2.05, 4.69) is 10.1 Å². The molecule has 3 heterocycles. The lowest BCUT2D eigenvalue weighted by molar-refractivity contribution is 0.0696. The second kappa shape index (κ2) is 3.91. The smallest absolute Gasteiger partial charge is 0.339 e. The normalized spacial score (nSPS) is 23.1. The number of carboxylic acid groups (broad SMARTS) is 1. The zero-order valence-corrected chi connectivity index (χ0v) is 11.2. The Morgan fingerprint density at radius 1 is 1.40 bits per heavy atom. The topological polar surface area (TPSA) is 68.0 Å². The fraction of sp³-hybridized carbons (Fsp3) is 0.400. The summed E-state index contributed by atoms with van der Waals surface area (Å²) in [6, 6.07) is 6.01. The van der Waals surface area contributed by atoms with Gasteiger partial charge in [-0.2, -0.15) is 5.10 Å². The summed E-state index contributed by atoms with van der Waals surface area (Å²) in [7, 11) is 0. The second-order valence-electron chi connectivity index (χ2n) is 5.69. The summed E-state index contributed by atoms with van der Waals surface area (Å²) < 4.78 is 1.94. The quantitative estimate of drug-likeness (QED) is 0.910. The molecule has 2 aromatic heterocycles. The molecule has 20 heavy (non-hydrogen) atoms. The predicted molar refractivity (Wildman–Crippen MR) is 72.8 cm³/mol. The van der Waals surface area contributed by atoms with Gasteiger partial charge in [-0.3, -0.25) is 9.67 Å². The monoisotopic (exact) mass is 269 g/mol. The molecule has 0 saturated heterocycles. The number of rotatable bonds is 2. The molecule has 102 valence electrons. The molecule has 1 saturated carbocycles. The van der Waals surface area contributed by atoms with Gasteiger partial charge >= 0.3 is 5.97 Å². The minimum absolute atomic E-state index is 0.357. The van der Waals surface area contributed by atoms with Gasteiger partial charge in [0.2, 0.25) is 0 Å². The molecular formula is C15H15N3O2. The zero-order chi connectivity index (χ0) is 13.9. The third-order valence-corrected chi connectivity index (χ3v) is 4.43. The van der Waals surface area contributed by atoms with E-state index >= 15 is 0 Å². The zero-order valence-electron chi connectivity index (χ0n) is 11.2. The van der Waals surface area contributed by atoms with Crippen LogP contribution >= 0.6 is 0 Å². The first kappa shape index (κ1) is 11.6. The Labute approximate surface area is 116 Å². The summed E-state index contributed by atoms with van der Waals surface area (Å²) in [6.45, 7) is 1.90. The fourth-order valence-electron chi connectivity index (χ4n) is 3.61. The average Bonchev–Trinajstić information content (AvgIpc) is 3.09. The van der Waals surface area contributed by atoms with Crippen LogP contribution in [0.2, 0.25) is 0 Å². The van der Waals surface area contributed by atoms with Crippen LogP contribution in [0.25, 0.3) is 11.4 Å². The first-order valence-electron chi connectivity index (χ1n) is 6.95. The molecule has 0 radical (unpaired) electrons. The second-order valence-corrected chi connectivity index (χ2v) is 5.69. The molecule has 4 rings (SSSR count). The Balaban J connectivity index is 1.95. The van der Waals surface area contributed by atoms with Gasteiger partial charge in [-0.1, -0.05) is 6.07 Å². The lowest BCUT2D eigenvalue weighted by atomic mass is 9.99. The van der Waals surface area contributed by atoms with Crippen LogP contribution in [0.4, 0.5) is 0 Å². The maximum atomic E-state index is 11.7. The summed E-state index contributed by atoms with van der Waals surface area (Å²) in [6.07, 6.45) is 3.24. The molecule has 5 heteroatoms. The van der Waals surface area contributed by atoms with E-state index in [4.69, 9.17) is 0 Å². The number of pyridine rings is 1. The minimum Gasteiger partial charge on any atom is -0.478 e. The van der Waals surface area contributed by atoms with Gasteiger partial charge in [0.1, 0.15) is 11.3 Å². The highest BCUT2D eigenvalue weighted by molar-refractivity contribution is 5.96. The number of aryl methyl sites for hydroxylation is 1. The van der Waals surface area contributed by atoms with Crippen LogP contribution in [-0.2, 0) is 0 Å². The number of nitrogens with zero attached hydrogens (tertiary/aromatic N) is 3. The highest BCUT2D eigenvalue weighted by Gasteiger charge is 2.43. The van der Waals surface area contributed by atoms with E-state index in [0.717, 1.165) is 30.7 Å². The third kappa shape index (κ3) is 1.46.